The third-order valence-corrected chi connectivity index (χ3v) is 3.87. The second kappa shape index (κ2) is 8.18. The van der Waals surface area contributed by atoms with Crippen LogP contribution < -0.4 is 15.8 Å². The van der Waals surface area contributed by atoms with E-state index in [1.54, 1.807) is 7.05 Å². The van der Waals surface area contributed by atoms with Crippen molar-refractivity contribution in [2.45, 2.75) is 31.7 Å². The zero-order chi connectivity index (χ0) is 15.9. The highest BCUT2D eigenvalue weighted by molar-refractivity contribution is 7.89. The van der Waals surface area contributed by atoms with E-state index in [9.17, 15) is 13.2 Å². The largest absolute Gasteiger partial charge is 0.369 e. The predicted octanol–water partition coefficient (Wildman–Crippen LogP) is -1.16. The van der Waals surface area contributed by atoms with Crippen molar-refractivity contribution >= 4 is 21.9 Å². The highest BCUT2D eigenvalue weighted by Crippen LogP contribution is 2.11. The molecule has 1 aliphatic rings. The van der Waals surface area contributed by atoms with Gasteiger partial charge in [0, 0.05) is 19.6 Å². The minimum absolute atomic E-state index is 0.121. The Bertz CT molecular complexity index is 471. The molecule has 21 heavy (non-hydrogen) atoms. The molecule has 1 heterocycles. The molecule has 0 saturated carbocycles. The second-order valence-corrected chi connectivity index (χ2v) is 6.91. The van der Waals surface area contributed by atoms with E-state index in [-0.39, 0.29) is 17.9 Å². The lowest BCUT2D eigenvalue weighted by atomic mass is 10.1. The maximum Gasteiger partial charge on any atom is 0.239 e. The zero-order valence-electron chi connectivity index (χ0n) is 12.6. The minimum atomic E-state index is -3.38. The third-order valence-electron chi connectivity index (χ3n) is 3.29. The number of nitrogens with zero attached hydrogens (tertiary/aromatic N) is 2. The standard InChI is InChI=1S/C12H25N5O3S/c1-14-10(11(18)17-8-3-4-9-17)6-5-7-15-12(13)16-21(2,19)20/h10,14H,3-9H2,1-2H3,(H3,13,15,16)/t10-/m1/s1. The molecule has 0 bridgehead atoms. The van der Waals surface area contributed by atoms with E-state index in [2.05, 4.69) is 15.0 Å². The van der Waals surface area contributed by atoms with Gasteiger partial charge in [0.2, 0.25) is 21.9 Å². The summed E-state index contributed by atoms with van der Waals surface area (Å²) in [7, 11) is -1.62. The SMILES string of the molecule is CN[C@H](CCCN=C(N)NS(C)(=O)=O)C(=O)N1CCCC1. The van der Waals surface area contributed by atoms with Crippen LogP contribution in [0.4, 0.5) is 0 Å². The smallest absolute Gasteiger partial charge is 0.239 e. The Kier molecular flexibility index (Phi) is 6.90. The van der Waals surface area contributed by atoms with E-state index in [4.69, 9.17) is 5.73 Å². The Hall–Kier alpha value is -1.35. The fourth-order valence-corrected chi connectivity index (χ4v) is 2.71. The lowest BCUT2D eigenvalue weighted by Gasteiger charge is -2.22. The van der Waals surface area contributed by atoms with Crippen molar-refractivity contribution in [2.75, 3.05) is 32.9 Å². The summed E-state index contributed by atoms with van der Waals surface area (Å²) in [5.41, 5.74) is 5.44. The van der Waals surface area contributed by atoms with Crippen LogP contribution >= 0.6 is 0 Å². The summed E-state index contributed by atoms with van der Waals surface area (Å²) in [6.07, 6.45) is 4.44. The molecule has 1 rings (SSSR count). The van der Waals surface area contributed by atoms with Crippen LogP contribution in [-0.4, -0.2) is 64.2 Å². The summed E-state index contributed by atoms with van der Waals surface area (Å²) < 4.78 is 24.0. The van der Waals surface area contributed by atoms with Crippen molar-refractivity contribution in [3.8, 4) is 0 Å². The Labute approximate surface area is 126 Å². The first-order valence-corrected chi connectivity index (χ1v) is 8.96. The fourth-order valence-electron chi connectivity index (χ4n) is 2.27. The summed E-state index contributed by atoms with van der Waals surface area (Å²) in [6, 6.07) is -0.220. The molecule has 122 valence electrons. The summed E-state index contributed by atoms with van der Waals surface area (Å²) in [4.78, 5) is 18.0. The molecule has 8 nitrogen and oxygen atoms in total. The predicted molar refractivity (Wildman–Crippen MR) is 82.4 cm³/mol. The van der Waals surface area contributed by atoms with Crippen LogP contribution in [0.5, 0.6) is 0 Å². The van der Waals surface area contributed by atoms with Crippen LogP contribution in [0.2, 0.25) is 0 Å². The number of carbonyl (C=O) groups excluding carboxylic acids is 1. The van der Waals surface area contributed by atoms with Gasteiger partial charge >= 0.3 is 0 Å². The number of likely N-dealkylation sites (tertiary alicyclic amines) is 1. The van der Waals surface area contributed by atoms with Gasteiger partial charge in [-0.25, -0.2) is 8.42 Å². The lowest BCUT2D eigenvalue weighted by Crippen LogP contribution is -2.44. The van der Waals surface area contributed by atoms with Gasteiger partial charge in [-0.2, -0.15) is 0 Å². The van der Waals surface area contributed by atoms with E-state index in [1.807, 2.05) is 4.90 Å². The number of carbonyl (C=O) groups is 1. The van der Waals surface area contributed by atoms with Gasteiger partial charge in [-0.1, -0.05) is 0 Å². The first-order chi connectivity index (χ1) is 9.83. The first-order valence-electron chi connectivity index (χ1n) is 7.07. The number of nitrogens with two attached hydrogens (primary N) is 1. The van der Waals surface area contributed by atoms with Crippen LogP contribution in [0, 0.1) is 0 Å². The summed E-state index contributed by atoms with van der Waals surface area (Å²) in [5.74, 6) is 0.00518. The van der Waals surface area contributed by atoms with Gasteiger partial charge in [0.25, 0.3) is 0 Å². The topological polar surface area (TPSA) is 117 Å². The van der Waals surface area contributed by atoms with Crippen LogP contribution in [0.25, 0.3) is 0 Å². The highest BCUT2D eigenvalue weighted by Gasteiger charge is 2.24. The molecule has 0 spiro atoms. The highest BCUT2D eigenvalue weighted by atomic mass is 32.2. The molecule has 0 aromatic rings. The van der Waals surface area contributed by atoms with E-state index in [0.29, 0.717) is 19.4 Å². The maximum atomic E-state index is 12.2. The Morgan fingerprint density at radius 2 is 2.00 bits per heavy atom. The number of amides is 1. The Morgan fingerprint density at radius 1 is 1.38 bits per heavy atom. The Balaban J connectivity index is 2.35. The number of aliphatic imine (C=N–C) groups is 1. The summed E-state index contributed by atoms with van der Waals surface area (Å²) in [6.45, 7) is 2.04. The van der Waals surface area contributed by atoms with Crippen molar-refractivity contribution in [2.24, 2.45) is 10.7 Å². The number of rotatable bonds is 7. The molecule has 1 aliphatic heterocycles. The molecule has 1 fully saturated rings. The first kappa shape index (κ1) is 17.7. The molecule has 1 amide bonds. The molecule has 9 heteroatoms. The van der Waals surface area contributed by atoms with Crippen molar-refractivity contribution in [3.05, 3.63) is 0 Å². The minimum Gasteiger partial charge on any atom is -0.369 e. The van der Waals surface area contributed by atoms with Crippen molar-refractivity contribution in [1.82, 2.24) is 14.9 Å². The van der Waals surface area contributed by atoms with Crippen molar-refractivity contribution in [3.63, 3.8) is 0 Å². The monoisotopic (exact) mass is 319 g/mol. The molecule has 1 saturated heterocycles. The van der Waals surface area contributed by atoms with Crippen LogP contribution in [-0.2, 0) is 14.8 Å². The normalized spacial score (nSPS) is 17.8. The van der Waals surface area contributed by atoms with Gasteiger partial charge < -0.3 is 16.0 Å². The molecule has 0 aliphatic carbocycles. The molecule has 0 radical (unpaired) electrons. The molecular formula is C12H25N5O3S. The summed E-state index contributed by atoms with van der Waals surface area (Å²) in [5, 5.41) is 3.02. The van der Waals surface area contributed by atoms with Gasteiger partial charge in [-0.15, -0.1) is 0 Å². The third kappa shape index (κ3) is 6.76. The average Bonchev–Trinajstić information content (AvgIpc) is 2.90. The van der Waals surface area contributed by atoms with E-state index >= 15 is 0 Å². The molecule has 4 N–H and O–H groups in total. The van der Waals surface area contributed by atoms with E-state index in [0.717, 1.165) is 32.2 Å². The average molecular weight is 319 g/mol. The van der Waals surface area contributed by atoms with Gasteiger partial charge in [0.05, 0.1) is 12.3 Å². The fraction of sp³-hybridized carbons (Fsp3) is 0.833. The number of guanidine groups is 1. The zero-order valence-corrected chi connectivity index (χ0v) is 13.4. The van der Waals surface area contributed by atoms with Crippen LogP contribution in [0.1, 0.15) is 25.7 Å². The maximum absolute atomic E-state index is 12.2. The molecule has 0 aromatic carbocycles. The number of hydrogen-bond acceptors (Lipinski definition) is 5. The quantitative estimate of drug-likeness (QED) is 0.311. The van der Waals surface area contributed by atoms with Crippen molar-refractivity contribution in [1.29, 1.82) is 0 Å². The summed E-state index contributed by atoms with van der Waals surface area (Å²) >= 11 is 0. The lowest BCUT2D eigenvalue weighted by molar-refractivity contribution is -0.132. The molecule has 1 atom stereocenters. The van der Waals surface area contributed by atoms with Crippen LogP contribution in [0.15, 0.2) is 4.99 Å². The van der Waals surface area contributed by atoms with Gasteiger partial charge in [-0.05, 0) is 32.7 Å². The number of sulfonamides is 1. The van der Waals surface area contributed by atoms with Gasteiger partial charge in [-0.3, -0.25) is 14.5 Å². The Morgan fingerprint density at radius 3 is 2.52 bits per heavy atom. The van der Waals surface area contributed by atoms with Crippen molar-refractivity contribution < 1.29 is 13.2 Å². The number of likely N-dealkylation sites (N-methyl/N-ethyl adjacent to an activating group) is 1. The van der Waals surface area contributed by atoms with E-state index < -0.39 is 10.0 Å². The second-order valence-electron chi connectivity index (χ2n) is 5.16. The van der Waals surface area contributed by atoms with E-state index in [1.165, 1.54) is 0 Å². The van der Waals surface area contributed by atoms with Gasteiger partial charge in [0.1, 0.15) is 0 Å². The molecule has 0 unspecified atom stereocenters. The molecule has 0 aromatic heterocycles. The van der Waals surface area contributed by atoms with Gasteiger partial charge in [0.15, 0.2) is 0 Å². The number of hydrogen-bond donors (Lipinski definition) is 3. The van der Waals surface area contributed by atoms with Crippen LogP contribution in [0.3, 0.4) is 0 Å². The molecular weight excluding hydrogens is 294 g/mol. The number of nitrogens with one attached hydrogen (secondary N) is 2.